The number of nitrogens with one attached hydrogen (secondary N) is 1. The van der Waals surface area contributed by atoms with Crippen LogP contribution in [0, 0.1) is 6.92 Å². The van der Waals surface area contributed by atoms with Gasteiger partial charge in [0.05, 0.1) is 12.2 Å². The van der Waals surface area contributed by atoms with Gasteiger partial charge in [0.1, 0.15) is 11.8 Å². The Labute approximate surface area is 167 Å². The lowest BCUT2D eigenvalue weighted by molar-refractivity contribution is 0.0765. The maximum Gasteiger partial charge on any atom is 0.272 e. The Morgan fingerprint density at radius 1 is 1.21 bits per heavy atom. The van der Waals surface area contributed by atoms with E-state index >= 15 is 0 Å². The Morgan fingerprint density at radius 3 is 3.00 bits per heavy atom. The summed E-state index contributed by atoms with van der Waals surface area (Å²) >= 11 is 0. The number of carbonyl (C=O) groups excluding carboxylic acids is 1. The summed E-state index contributed by atoms with van der Waals surface area (Å²) in [6.07, 6.45) is 0.703. The molecule has 2 aliphatic heterocycles. The number of ether oxygens (including phenoxy) is 3. The number of aromatic amines is 1. The number of aromatic nitrogens is 3. The Kier molecular flexibility index (Phi) is 4.31. The molecule has 2 aliphatic rings. The third-order valence-corrected chi connectivity index (χ3v) is 5.06. The predicted octanol–water partition coefficient (Wildman–Crippen LogP) is 2.80. The third kappa shape index (κ3) is 3.49. The molecule has 0 bridgehead atoms. The van der Waals surface area contributed by atoms with Gasteiger partial charge in [0.15, 0.2) is 11.5 Å². The van der Waals surface area contributed by atoms with Gasteiger partial charge in [-0.1, -0.05) is 6.07 Å². The number of rotatable bonds is 4. The second-order valence-electron chi connectivity index (χ2n) is 7.13. The third-order valence-electron chi connectivity index (χ3n) is 5.06. The molecular formula is C21H20N4O4. The van der Waals surface area contributed by atoms with Crippen LogP contribution in [0.2, 0.25) is 0 Å². The number of benzene rings is 1. The van der Waals surface area contributed by atoms with Gasteiger partial charge in [-0.15, -0.1) is 0 Å². The number of fused-ring (bicyclic) bond motifs is 1. The number of nitrogens with zero attached hydrogens (tertiary/aromatic N) is 3. The molecule has 0 radical (unpaired) electrons. The summed E-state index contributed by atoms with van der Waals surface area (Å²) in [7, 11) is 0. The van der Waals surface area contributed by atoms with Crippen molar-refractivity contribution in [3.05, 3.63) is 53.9 Å². The van der Waals surface area contributed by atoms with Crippen LogP contribution >= 0.6 is 0 Å². The highest BCUT2D eigenvalue weighted by Gasteiger charge is 2.29. The highest BCUT2D eigenvalue weighted by atomic mass is 16.7. The first kappa shape index (κ1) is 17.5. The molecule has 8 heteroatoms. The normalized spacial score (nSPS) is 17.6. The fourth-order valence-electron chi connectivity index (χ4n) is 3.57. The topological polar surface area (TPSA) is 89.6 Å². The number of hydrogen-bond acceptors (Lipinski definition) is 6. The molecule has 0 spiro atoms. The zero-order valence-electron chi connectivity index (χ0n) is 15.9. The van der Waals surface area contributed by atoms with Crippen LogP contribution < -0.4 is 14.2 Å². The monoisotopic (exact) mass is 392 g/mol. The predicted molar refractivity (Wildman–Crippen MR) is 104 cm³/mol. The van der Waals surface area contributed by atoms with Crippen molar-refractivity contribution < 1.29 is 19.0 Å². The SMILES string of the molecule is Cc1cccc(OC2CCN(C(=O)c3cc(-c4ccc5c(c4)OCO5)n[nH]3)C2)n1. The lowest BCUT2D eigenvalue weighted by atomic mass is 10.1. The molecular weight excluding hydrogens is 372 g/mol. The summed E-state index contributed by atoms with van der Waals surface area (Å²) < 4.78 is 16.7. The number of likely N-dealkylation sites (tertiary alicyclic amines) is 1. The molecule has 1 N–H and O–H groups in total. The molecule has 1 aromatic carbocycles. The number of hydrogen-bond donors (Lipinski definition) is 1. The van der Waals surface area contributed by atoms with E-state index in [2.05, 4.69) is 15.2 Å². The minimum Gasteiger partial charge on any atom is -0.472 e. The van der Waals surface area contributed by atoms with Gasteiger partial charge in [-0.05, 0) is 37.3 Å². The summed E-state index contributed by atoms with van der Waals surface area (Å²) in [4.78, 5) is 19.0. The van der Waals surface area contributed by atoms with Crippen molar-refractivity contribution in [1.29, 1.82) is 0 Å². The van der Waals surface area contributed by atoms with Crippen LogP contribution in [-0.2, 0) is 0 Å². The molecule has 1 saturated heterocycles. The molecule has 1 unspecified atom stereocenters. The van der Waals surface area contributed by atoms with Crippen LogP contribution in [0.25, 0.3) is 11.3 Å². The zero-order valence-corrected chi connectivity index (χ0v) is 15.9. The lowest BCUT2D eigenvalue weighted by Gasteiger charge is -2.16. The number of pyridine rings is 1. The van der Waals surface area contributed by atoms with E-state index < -0.39 is 0 Å². The Bertz CT molecular complexity index is 1060. The largest absolute Gasteiger partial charge is 0.472 e. The van der Waals surface area contributed by atoms with Gasteiger partial charge in [-0.25, -0.2) is 4.98 Å². The average molecular weight is 392 g/mol. The number of H-pyrrole nitrogens is 1. The van der Waals surface area contributed by atoms with Crippen LogP contribution in [0.4, 0.5) is 0 Å². The molecule has 3 aromatic rings. The van der Waals surface area contributed by atoms with Crippen molar-refractivity contribution in [2.45, 2.75) is 19.4 Å². The van der Waals surface area contributed by atoms with Gasteiger partial charge >= 0.3 is 0 Å². The van der Waals surface area contributed by atoms with E-state index in [9.17, 15) is 4.79 Å². The van der Waals surface area contributed by atoms with E-state index in [0.29, 0.717) is 41.9 Å². The van der Waals surface area contributed by atoms with Crippen LogP contribution in [-0.4, -0.2) is 52.0 Å². The van der Waals surface area contributed by atoms with Gasteiger partial charge in [0.25, 0.3) is 5.91 Å². The van der Waals surface area contributed by atoms with Gasteiger partial charge in [0, 0.05) is 30.3 Å². The smallest absolute Gasteiger partial charge is 0.272 e. The fraction of sp³-hybridized carbons (Fsp3) is 0.286. The quantitative estimate of drug-likeness (QED) is 0.734. The van der Waals surface area contributed by atoms with E-state index in [-0.39, 0.29) is 18.8 Å². The minimum absolute atomic E-state index is 0.0653. The molecule has 1 atom stereocenters. The summed E-state index contributed by atoms with van der Waals surface area (Å²) in [6, 6.07) is 13.0. The Balaban J connectivity index is 1.26. The second-order valence-corrected chi connectivity index (χ2v) is 7.13. The van der Waals surface area contributed by atoms with Crippen LogP contribution in [0.1, 0.15) is 22.6 Å². The van der Waals surface area contributed by atoms with Gasteiger partial charge in [0.2, 0.25) is 12.7 Å². The first-order valence-corrected chi connectivity index (χ1v) is 9.51. The van der Waals surface area contributed by atoms with Crippen molar-refractivity contribution in [3.63, 3.8) is 0 Å². The maximum atomic E-state index is 12.9. The number of carbonyl (C=O) groups is 1. The molecule has 1 amide bonds. The Hall–Kier alpha value is -3.55. The minimum atomic E-state index is -0.0900. The van der Waals surface area contributed by atoms with E-state index in [1.165, 1.54) is 0 Å². The highest BCUT2D eigenvalue weighted by molar-refractivity contribution is 5.93. The Morgan fingerprint density at radius 2 is 2.10 bits per heavy atom. The molecule has 0 aliphatic carbocycles. The zero-order chi connectivity index (χ0) is 19.8. The van der Waals surface area contributed by atoms with E-state index in [1.807, 2.05) is 43.3 Å². The van der Waals surface area contributed by atoms with E-state index in [1.54, 1.807) is 11.0 Å². The summed E-state index contributed by atoms with van der Waals surface area (Å²) in [5.74, 6) is 1.90. The van der Waals surface area contributed by atoms with Crippen molar-refractivity contribution in [1.82, 2.24) is 20.1 Å². The van der Waals surface area contributed by atoms with Gasteiger partial charge < -0.3 is 19.1 Å². The number of aryl methyl sites for hydroxylation is 1. The maximum absolute atomic E-state index is 12.9. The van der Waals surface area contributed by atoms with Gasteiger partial charge in [-0.3, -0.25) is 9.89 Å². The van der Waals surface area contributed by atoms with Crippen LogP contribution in [0.15, 0.2) is 42.5 Å². The molecule has 148 valence electrons. The first-order valence-electron chi connectivity index (χ1n) is 9.51. The van der Waals surface area contributed by atoms with Crippen molar-refractivity contribution in [3.8, 4) is 28.6 Å². The van der Waals surface area contributed by atoms with Crippen LogP contribution in [0.5, 0.6) is 17.4 Å². The molecule has 29 heavy (non-hydrogen) atoms. The molecule has 5 rings (SSSR count). The van der Waals surface area contributed by atoms with Crippen molar-refractivity contribution in [2.75, 3.05) is 19.9 Å². The van der Waals surface area contributed by atoms with Crippen LogP contribution in [0.3, 0.4) is 0 Å². The summed E-state index contributed by atoms with van der Waals surface area (Å²) in [6.45, 7) is 3.30. The second kappa shape index (κ2) is 7.12. The first-order chi connectivity index (χ1) is 14.2. The van der Waals surface area contributed by atoms with Crippen molar-refractivity contribution in [2.24, 2.45) is 0 Å². The highest BCUT2D eigenvalue weighted by Crippen LogP contribution is 2.35. The standard InChI is InChI=1S/C21H20N4O4/c1-13-3-2-4-20(22-13)29-15-7-8-25(11-15)21(26)17-10-16(23-24-17)14-5-6-18-19(9-14)28-12-27-18/h2-6,9-10,15H,7-8,11-12H2,1H3,(H,23,24). The molecule has 0 saturated carbocycles. The average Bonchev–Trinajstić information content (AvgIpc) is 3.47. The molecule has 1 fully saturated rings. The molecule has 2 aromatic heterocycles. The van der Waals surface area contributed by atoms with Gasteiger partial charge in [-0.2, -0.15) is 5.10 Å². The fourth-order valence-corrected chi connectivity index (χ4v) is 3.57. The van der Waals surface area contributed by atoms with E-state index in [4.69, 9.17) is 14.2 Å². The van der Waals surface area contributed by atoms with Crippen molar-refractivity contribution >= 4 is 5.91 Å². The number of amides is 1. The summed E-state index contributed by atoms with van der Waals surface area (Å²) in [5.41, 5.74) is 2.90. The molecule has 8 nitrogen and oxygen atoms in total. The summed E-state index contributed by atoms with van der Waals surface area (Å²) in [5, 5.41) is 7.14. The molecule has 4 heterocycles. The van der Waals surface area contributed by atoms with E-state index in [0.717, 1.165) is 17.7 Å². The lowest BCUT2D eigenvalue weighted by Crippen LogP contribution is -2.31.